The molecule has 0 fully saturated rings. The molecule has 0 saturated carbocycles. The lowest BCUT2D eigenvalue weighted by Gasteiger charge is -2.24. The molecule has 0 rings (SSSR count). The van der Waals surface area contributed by atoms with Crippen LogP contribution in [0, 0.1) is 0 Å². The minimum absolute atomic E-state index is 0.129. The van der Waals surface area contributed by atoms with Crippen molar-refractivity contribution in [1.29, 1.82) is 0 Å². The van der Waals surface area contributed by atoms with E-state index < -0.39 is 5.60 Å². The van der Waals surface area contributed by atoms with Crippen molar-refractivity contribution in [2.45, 2.75) is 45.8 Å². The van der Waals surface area contributed by atoms with E-state index in [0.717, 1.165) is 6.54 Å². The maximum atomic E-state index is 9.88. The van der Waals surface area contributed by atoms with Crippen molar-refractivity contribution in [3.8, 4) is 0 Å². The molecule has 0 aliphatic heterocycles. The third kappa shape index (κ3) is 10.4. The molecule has 0 aromatic heterocycles. The quantitative estimate of drug-likeness (QED) is 0.618. The van der Waals surface area contributed by atoms with E-state index in [4.69, 9.17) is 9.47 Å². The largest absolute Gasteiger partial charge is 0.386 e. The van der Waals surface area contributed by atoms with Gasteiger partial charge >= 0.3 is 0 Å². The van der Waals surface area contributed by atoms with Crippen molar-refractivity contribution in [1.82, 2.24) is 5.32 Å². The van der Waals surface area contributed by atoms with E-state index in [1.165, 1.54) is 0 Å². The Hall–Kier alpha value is -0.160. The molecule has 0 bridgehead atoms. The highest BCUT2D eigenvalue weighted by atomic mass is 16.5. The molecule has 0 spiro atoms. The van der Waals surface area contributed by atoms with Gasteiger partial charge in [-0.05, 0) is 34.2 Å². The number of hydrogen-bond donors (Lipinski definition) is 2. The van der Waals surface area contributed by atoms with E-state index >= 15 is 0 Å². The van der Waals surface area contributed by atoms with Crippen LogP contribution in [0.15, 0.2) is 0 Å². The lowest BCUT2D eigenvalue weighted by Crippen LogP contribution is -2.42. The Morgan fingerprint density at radius 3 is 2.25 bits per heavy atom. The van der Waals surface area contributed by atoms with Crippen LogP contribution in [0.1, 0.15) is 34.6 Å². The highest BCUT2D eigenvalue weighted by Crippen LogP contribution is 2.06. The Morgan fingerprint density at radius 2 is 1.75 bits per heavy atom. The summed E-state index contributed by atoms with van der Waals surface area (Å²) in [5, 5.41) is 13.0. The fourth-order valence-electron chi connectivity index (χ4n) is 1.14. The van der Waals surface area contributed by atoms with E-state index in [1.54, 1.807) is 6.92 Å². The molecule has 1 atom stereocenters. The summed E-state index contributed by atoms with van der Waals surface area (Å²) in [5.74, 6) is 0. The lowest BCUT2D eigenvalue weighted by atomic mass is 10.1. The maximum Gasteiger partial charge on any atom is 0.0975 e. The summed E-state index contributed by atoms with van der Waals surface area (Å²) in [5.41, 5.74) is -0.937. The van der Waals surface area contributed by atoms with Crippen molar-refractivity contribution in [3.05, 3.63) is 0 Å². The van der Waals surface area contributed by atoms with Crippen molar-refractivity contribution in [2.75, 3.05) is 32.9 Å². The Balaban J connectivity index is 3.50. The van der Waals surface area contributed by atoms with Crippen LogP contribution in [0.5, 0.6) is 0 Å². The molecule has 0 aliphatic carbocycles. The van der Waals surface area contributed by atoms with Gasteiger partial charge in [0.2, 0.25) is 0 Å². The molecule has 2 N–H and O–H groups in total. The van der Waals surface area contributed by atoms with Crippen molar-refractivity contribution in [3.63, 3.8) is 0 Å². The van der Waals surface area contributed by atoms with Gasteiger partial charge in [0, 0.05) is 6.54 Å². The average Bonchev–Trinajstić information content (AvgIpc) is 2.12. The molecule has 0 amide bonds. The predicted molar refractivity (Wildman–Crippen MR) is 65.7 cm³/mol. The van der Waals surface area contributed by atoms with Crippen LogP contribution in [0.4, 0.5) is 0 Å². The first-order valence-corrected chi connectivity index (χ1v) is 5.92. The van der Waals surface area contributed by atoms with E-state index in [-0.39, 0.29) is 5.60 Å². The summed E-state index contributed by atoms with van der Waals surface area (Å²) in [6.07, 6.45) is 0. The zero-order valence-corrected chi connectivity index (χ0v) is 11.3. The van der Waals surface area contributed by atoms with E-state index in [0.29, 0.717) is 26.4 Å². The lowest BCUT2D eigenvalue weighted by molar-refractivity contribution is -0.0696. The van der Waals surface area contributed by atoms with Crippen LogP contribution >= 0.6 is 0 Å². The predicted octanol–water partition coefficient (Wildman–Crippen LogP) is 1.18. The number of hydrogen-bond acceptors (Lipinski definition) is 4. The van der Waals surface area contributed by atoms with Crippen LogP contribution in [0.2, 0.25) is 0 Å². The summed E-state index contributed by atoms with van der Waals surface area (Å²) in [6.45, 7) is 12.6. The molecule has 0 saturated heterocycles. The van der Waals surface area contributed by atoms with Gasteiger partial charge in [-0.25, -0.2) is 0 Å². The smallest absolute Gasteiger partial charge is 0.0975 e. The van der Waals surface area contributed by atoms with Gasteiger partial charge in [-0.3, -0.25) is 0 Å². The topological polar surface area (TPSA) is 50.7 Å². The van der Waals surface area contributed by atoms with Crippen molar-refractivity contribution in [2.24, 2.45) is 0 Å². The second kappa shape index (κ2) is 7.22. The normalized spacial score (nSPS) is 16.1. The minimum Gasteiger partial charge on any atom is -0.386 e. The monoisotopic (exact) mass is 233 g/mol. The molecular weight excluding hydrogens is 206 g/mol. The standard InChI is InChI=1S/C12H27NO3/c1-6-13-9-12(5,14)10-15-7-8-16-11(2,3)4/h13-14H,6-10H2,1-5H3. The van der Waals surface area contributed by atoms with Crippen molar-refractivity contribution >= 4 is 0 Å². The zero-order chi connectivity index (χ0) is 12.7. The highest BCUT2D eigenvalue weighted by molar-refractivity contribution is 4.74. The highest BCUT2D eigenvalue weighted by Gasteiger charge is 2.19. The molecular formula is C12H27NO3. The van der Waals surface area contributed by atoms with Gasteiger partial charge in [0.05, 0.1) is 31.0 Å². The summed E-state index contributed by atoms with van der Waals surface area (Å²) in [7, 11) is 0. The molecule has 0 aliphatic rings. The first-order chi connectivity index (χ1) is 7.27. The van der Waals surface area contributed by atoms with Crippen LogP contribution in [-0.4, -0.2) is 49.2 Å². The molecule has 4 nitrogen and oxygen atoms in total. The summed E-state index contributed by atoms with van der Waals surface area (Å²) in [4.78, 5) is 0. The van der Waals surface area contributed by atoms with E-state index in [1.807, 2.05) is 27.7 Å². The van der Waals surface area contributed by atoms with Gasteiger partial charge < -0.3 is 19.9 Å². The molecule has 0 radical (unpaired) electrons. The Labute approximate surface area is 99.3 Å². The Kier molecular flexibility index (Phi) is 7.15. The van der Waals surface area contributed by atoms with Crippen LogP contribution in [-0.2, 0) is 9.47 Å². The van der Waals surface area contributed by atoms with Gasteiger partial charge in [-0.2, -0.15) is 0 Å². The maximum absolute atomic E-state index is 9.88. The van der Waals surface area contributed by atoms with E-state index in [9.17, 15) is 5.11 Å². The summed E-state index contributed by atoms with van der Waals surface area (Å²) >= 11 is 0. The first-order valence-electron chi connectivity index (χ1n) is 5.92. The van der Waals surface area contributed by atoms with Gasteiger partial charge in [0.15, 0.2) is 0 Å². The Morgan fingerprint density at radius 1 is 1.12 bits per heavy atom. The number of aliphatic hydroxyl groups is 1. The van der Waals surface area contributed by atoms with Crippen LogP contribution in [0.25, 0.3) is 0 Å². The third-order valence-electron chi connectivity index (χ3n) is 1.93. The van der Waals surface area contributed by atoms with Crippen LogP contribution in [0.3, 0.4) is 0 Å². The first kappa shape index (κ1) is 15.8. The van der Waals surface area contributed by atoms with Gasteiger partial charge in [-0.1, -0.05) is 6.92 Å². The van der Waals surface area contributed by atoms with Crippen molar-refractivity contribution < 1.29 is 14.6 Å². The molecule has 0 aromatic rings. The molecule has 98 valence electrons. The number of rotatable bonds is 8. The third-order valence-corrected chi connectivity index (χ3v) is 1.93. The summed E-state index contributed by atoms with van der Waals surface area (Å²) < 4.78 is 10.9. The fraction of sp³-hybridized carbons (Fsp3) is 1.00. The molecule has 1 unspecified atom stereocenters. The number of ether oxygens (including phenoxy) is 2. The van der Waals surface area contributed by atoms with Gasteiger partial charge in [0.1, 0.15) is 0 Å². The van der Waals surface area contributed by atoms with Crippen LogP contribution < -0.4 is 5.32 Å². The second-order valence-corrected chi connectivity index (χ2v) is 5.29. The van der Waals surface area contributed by atoms with Gasteiger partial charge in [0.25, 0.3) is 0 Å². The average molecular weight is 233 g/mol. The minimum atomic E-state index is -0.808. The molecule has 0 aromatic carbocycles. The molecule has 0 heterocycles. The number of likely N-dealkylation sites (N-methyl/N-ethyl adjacent to an activating group) is 1. The fourth-order valence-corrected chi connectivity index (χ4v) is 1.14. The summed E-state index contributed by atoms with van der Waals surface area (Å²) in [6, 6.07) is 0. The Bertz CT molecular complexity index is 176. The van der Waals surface area contributed by atoms with E-state index in [2.05, 4.69) is 5.32 Å². The number of nitrogens with one attached hydrogen (secondary N) is 1. The second-order valence-electron chi connectivity index (χ2n) is 5.29. The molecule has 4 heteroatoms. The SMILES string of the molecule is CCNCC(C)(O)COCCOC(C)(C)C. The van der Waals surface area contributed by atoms with Gasteiger partial charge in [-0.15, -0.1) is 0 Å². The molecule has 16 heavy (non-hydrogen) atoms. The zero-order valence-electron chi connectivity index (χ0n) is 11.3.